The first-order valence-electron chi connectivity index (χ1n) is 3.91. The van der Waals surface area contributed by atoms with Crippen LogP contribution in [-0.2, 0) is 0 Å². The molecule has 0 unspecified atom stereocenters. The lowest BCUT2D eigenvalue weighted by atomic mass is 10.1. The van der Waals surface area contributed by atoms with Gasteiger partial charge in [-0.3, -0.25) is 0 Å². The highest BCUT2D eigenvalue weighted by molar-refractivity contribution is 5.72. The number of aromatic amines is 1. The van der Waals surface area contributed by atoms with E-state index in [4.69, 9.17) is 11.5 Å². The molecule has 0 spiro atoms. The van der Waals surface area contributed by atoms with Crippen LogP contribution in [0.25, 0.3) is 11.3 Å². The molecule has 13 heavy (non-hydrogen) atoms. The Bertz CT molecular complexity index is 406. The number of rotatable bonds is 1. The van der Waals surface area contributed by atoms with E-state index in [2.05, 4.69) is 9.97 Å². The standard InChI is InChI=1S/C9H10N4/c10-7-2-1-6(3-8(7)11)9-4-12-5-13-9/h1-5H,10-11H2,(H,12,13). The Hall–Kier alpha value is -1.97. The fourth-order valence-corrected chi connectivity index (χ4v) is 1.16. The molecule has 0 amide bonds. The van der Waals surface area contributed by atoms with Gasteiger partial charge in [-0.05, 0) is 12.1 Å². The molecule has 5 N–H and O–H groups in total. The van der Waals surface area contributed by atoms with Gasteiger partial charge in [0.15, 0.2) is 0 Å². The maximum absolute atomic E-state index is 5.67. The highest BCUT2D eigenvalue weighted by Gasteiger charge is 2.00. The van der Waals surface area contributed by atoms with E-state index in [9.17, 15) is 0 Å². The Balaban J connectivity index is 2.49. The summed E-state index contributed by atoms with van der Waals surface area (Å²) in [5, 5.41) is 0. The van der Waals surface area contributed by atoms with Gasteiger partial charge in [0.2, 0.25) is 0 Å². The lowest BCUT2D eigenvalue weighted by molar-refractivity contribution is 1.31. The first-order chi connectivity index (χ1) is 6.27. The molecule has 0 aliphatic carbocycles. The van der Waals surface area contributed by atoms with E-state index in [1.54, 1.807) is 18.6 Å². The molecule has 1 heterocycles. The van der Waals surface area contributed by atoms with Crippen LogP contribution in [0.2, 0.25) is 0 Å². The van der Waals surface area contributed by atoms with E-state index in [0.29, 0.717) is 11.4 Å². The molecule has 0 atom stereocenters. The molecule has 4 heteroatoms. The molecule has 66 valence electrons. The maximum atomic E-state index is 5.67. The first kappa shape index (κ1) is 7.67. The zero-order chi connectivity index (χ0) is 9.26. The summed E-state index contributed by atoms with van der Waals surface area (Å²) < 4.78 is 0. The molecule has 0 radical (unpaired) electrons. The van der Waals surface area contributed by atoms with Crippen molar-refractivity contribution in [3.63, 3.8) is 0 Å². The van der Waals surface area contributed by atoms with Crippen molar-refractivity contribution in [3.8, 4) is 11.3 Å². The number of nitrogen functional groups attached to an aromatic ring is 2. The Labute approximate surface area is 75.6 Å². The van der Waals surface area contributed by atoms with Gasteiger partial charge in [-0.25, -0.2) is 4.98 Å². The summed E-state index contributed by atoms with van der Waals surface area (Å²) in [6.45, 7) is 0. The Kier molecular flexibility index (Phi) is 1.66. The van der Waals surface area contributed by atoms with E-state index in [1.807, 2.05) is 12.1 Å². The molecule has 4 nitrogen and oxygen atoms in total. The molecule has 0 aliphatic heterocycles. The van der Waals surface area contributed by atoms with Crippen LogP contribution in [0.1, 0.15) is 0 Å². The van der Waals surface area contributed by atoms with Gasteiger partial charge in [-0.15, -0.1) is 0 Å². The predicted octanol–water partition coefficient (Wildman–Crippen LogP) is 1.24. The van der Waals surface area contributed by atoms with Gasteiger partial charge >= 0.3 is 0 Å². The van der Waals surface area contributed by atoms with Crippen molar-refractivity contribution in [2.24, 2.45) is 0 Å². The molecule has 0 fully saturated rings. The lowest BCUT2D eigenvalue weighted by Crippen LogP contribution is -1.94. The molecule has 2 aromatic rings. The topological polar surface area (TPSA) is 80.7 Å². The number of imidazole rings is 1. The Morgan fingerprint density at radius 2 is 2.00 bits per heavy atom. The van der Waals surface area contributed by atoms with E-state index in [-0.39, 0.29) is 0 Å². The smallest absolute Gasteiger partial charge is 0.0924 e. The van der Waals surface area contributed by atoms with Gasteiger partial charge in [-0.2, -0.15) is 0 Å². The summed E-state index contributed by atoms with van der Waals surface area (Å²) in [5.74, 6) is 0. The first-order valence-corrected chi connectivity index (χ1v) is 3.91. The van der Waals surface area contributed by atoms with Gasteiger partial charge in [-0.1, -0.05) is 6.07 Å². The van der Waals surface area contributed by atoms with Gasteiger partial charge in [0.1, 0.15) is 0 Å². The highest BCUT2D eigenvalue weighted by atomic mass is 14.9. The molecule has 1 aromatic carbocycles. The molecule has 0 saturated carbocycles. The second kappa shape index (κ2) is 2.82. The number of nitrogens with zero attached hydrogens (tertiary/aromatic N) is 1. The third kappa shape index (κ3) is 1.33. The van der Waals surface area contributed by atoms with Crippen LogP contribution in [-0.4, -0.2) is 9.97 Å². The summed E-state index contributed by atoms with van der Waals surface area (Å²) >= 11 is 0. The molecule has 2 rings (SSSR count). The van der Waals surface area contributed by atoms with Gasteiger partial charge in [0.25, 0.3) is 0 Å². The van der Waals surface area contributed by atoms with Gasteiger partial charge in [0.05, 0.1) is 29.6 Å². The van der Waals surface area contributed by atoms with Gasteiger partial charge < -0.3 is 16.5 Å². The number of hydrogen-bond acceptors (Lipinski definition) is 3. The molecule has 0 bridgehead atoms. The van der Waals surface area contributed by atoms with Crippen LogP contribution in [0.5, 0.6) is 0 Å². The van der Waals surface area contributed by atoms with Crippen molar-refractivity contribution in [3.05, 3.63) is 30.7 Å². The predicted molar refractivity (Wildman–Crippen MR) is 52.8 cm³/mol. The zero-order valence-electron chi connectivity index (χ0n) is 6.99. The second-order valence-electron chi connectivity index (χ2n) is 2.81. The van der Waals surface area contributed by atoms with E-state index >= 15 is 0 Å². The fourth-order valence-electron chi connectivity index (χ4n) is 1.16. The molecule has 0 aliphatic rings. The summed E-state index contributed by atoms with van der Waals surface area (Å²) in [7, 11) is 0. The summed E-state index contributed by atoms with van der Waals surface area (Å²) in [6.07, 6.45) is 3.37. The number of hydrogen-bond donors (Lipinski definition) is 3. The lowest BCUT2D eigenvalue weighted by Gasteiger charge is -2.02. The van der Waals surface area contributed by atoms with Crippen molar-refractivity contribution in [1.82, 2.24) is 9.97 Å². The van der Waals surface area contributed by atoms with Crippen molar-refractivity contribution in [2.45, 2.75) is 0 Å². The summed E-state index contributed by atoms with van der Waals surface area (Å²) in [5.41, 5.74) is 14.4. The average Bonchev–Trinajstić information content (AvgIpc) is 2.62. The Morgan fingerprint density at radius 1 is 1.15 bits per heavy atom. The van der Waals surface area contributed by atoms with Crippen molar-refractivity contribution >= 4 is 11.4 Å². The SMILES string of the molecule is Nc1ccc(-c2cnc[nH]2)cc1N. The molecular formula is C9H10N4. The normalized spacial score (nSPS) is 10.2. The summed E-state index contributed by atoms with van der Waals surface area (Å²) in [4.78, 5) is 6.92. The Morgan fingerprint density at radius 3 is 2.62 bits per heavy atom. The maximum Gasteiger partial charge on any atom is 0.0924 e. The third-order valence-corrected chi connectivity index (χ3v) is 1.90. The van der Waals surface area contributed by atoms with Crippen LogP contribution in [0.15, 0.2) is 30.7 Å². The van der Waals surface area contributed by atoms with Crippen molar-refractivity contribution in [1.29, 1.82) is 0 Å². The number of nitrogens with one attached hydrogen (secondary N) is 1. The number of nitrogens with two attached hydrogens (primary N) is 2. The van der Waals surface area contributed by atoms with E-state index in [0.717, 1.165) is 11.3 Å². The van der Waals surface area contributed by atoms with E-state index in [1.165, 1.54) is 0 Å². The van der Waals surface area contributed by atoms with Gasteiger partial charge in [0, 0.05) is 5.56 Å². The van der Waals surface area contributed by atoms with Crippen LogP contribution in [0.4, 0.5) is 11.4 Å². The van der Waals surface area contributed by atoms with Crippen LogP contribution >= 0.6 is 0 Å². The van der Waals surface area contributed by atoms with E-state index < -0.39 is 0 Å². The molecular weight excluding hydrogens is 164 g/mol. The van der Waals surface area contributed by atoms with Crippen LogP contribution in [0.3, 0.4) is 0 Å². The minimum atomic E-state index is 0.590. The highest BCUT2D eigenvalue weighted by Crippen LogP contribution is 2.22. The molecule has 1 aromatic heterocycles. The average molecular weight is 174 g/mol. The minimum absolute atomic E-state index is 0.590. The summed E-state index contributed by atoms with van der Waals surface area (Å²) in [6, 6.07) is 5.51. The quantitative estimate of drug-likeness (QED) is 0.569. The van der Waals surface area contributed by atoms with Crippen molar-refractivity contribution in [2.75, 3.05) is 11.5 Å². The third-order valence-electron chi connectivity index (χ3n) is 1.90. The second-order valence-corrected chi connectivity index (χ2v) is 2.81. The molecule has 0 saturated heterocycles. The number of anilines is 2. The fraction of sp³-hybridized carbons (Fsp3) is 0. The van der Waals surface area contributed by atoms with Crippen LogP contribution in [0, 0.1) is 0 Å². The number of aromatic nitrogens is 2. The number of H-pyrrole nitrogens is 1. The number of benzene rings is 1. The largest absolute Gasteiger partial charge is 0.397 e. The van der Waals surface area contributed by atoms with Crippen molar-refractivity contribution < 1.29 is 0 Å². The van der Waals surface area contributed by atoms with Crippen LogP contribution < -0.4 is 11.5 Å². The minimum Gasteiger partial charge on any atom is -0.397 e. The zero-order valence-corrected chi connectivity index (χ0v) is 6.99. The monoisotopic (exact) mass is 174 g/mol.